The number of hydrogen-bond acceptors (Lipinski definition) is 6. The minimum absolute atomic E-state index is 0.124. The van der Waals surface area contributed by atoms with Gasteiger partial charge in [-0.15, -0.1) is 0 Å². The van der Waals surface area contributed by atoms with Gasteiger partial charge < -0.3 is 14.8 Å². The van der Waals surface area contributed by atoms with E-state index in [1.54, 1.807) is 41.5 Å². The molecule has 0 heterocycles. The summed E-state index contributed by atoms with van der Waals surface area (Å²) in [6, 6.07) is -0.680. The van der Waals surface area contributed by atoms with E-state index in [1.165, 1.54) is 6.42 Å². The molecule has 178 valence electrons. The molecular weight excluding hydrogens is 400 g/mol. The van der Waals surface area contributed by atoms with Gasteiger partial charge in [-0.1, -0.05) is 33.1 Å². The monoisotopic (exact) mass is 440 g/mol. The predicted octanol–water partition coefficient (Wildman–Crippen LogP) is 3.87. The molecule has 1 saturated carbocycles. The zero-order valence-corrected chi connectivity index (χ0v) is 20.3. The summed E-state index contributed by atoms with van der Waals surface area (Å²) in [4.78, 5) is 41.8. The average Bonchev–Trinajstić information content (AvgIpc) is 2.56. The van der Waals surface area contributed by atoms with Crippen LogP contribution in [0.25, 0.3) is 0 Å². The molecule has 0 saturated heterocycles. The molecule has 1 rings (SSSR count). The maximum absolute atomic E-state index is 12.9. The predicted molar refractivity (Wildman–Crippen MR) is 120 cm³/mol. The van der Waals surface area contributed by atoms with Gasteiger partial charge in [0.25, 0.3) is 0 Å². The fraction of sp³-hybridized carbons (Fsp3) is 0.818. The summed E-state index contributed by atoms with van der Waals surface area (Å²) in [7, 11) is 0. The third kappa shape index (κ3) is 11.6. The molecule has 1 fully saturated rings. The summed E-state index contributed by atoms with van der Waals surface area (Å²) in [6.45, 7) is 14.0. The Morgan fingerprint density at radius 2 is 1.29 bits per heavy atom. The van der Waals surface area contributed by atoms with Crippen LogP contribution in [-0.2, 0) is 14.3 Å². The molecule has 0 aliphatic heterocycles. The van der Waals surface area contributed by atoms with Crippen molar-refractivity contribution < 1.29 is 23.9 Å². The highest BCUT2D eigenvalue weighted by atomic mass is 16.6. The van der Waals surface area contributed by atoms with Gasteiger partial charge in [-0.3, -0.25) is 15.4 Å². The Kier molecular flexibility index (Phi) is 9.77. The molecule has 1 aliphatic rings. The van der Waals surface area contributed by atoms with Crippen LogP contribution in [0.5, 0.6) is 0 Å². The lowest BCUT2D eigenvalue weighted by Crippen LogP contribution is -2.50. The van der Waals surface area contributed by atoms with Crippen LogP contribution < -0.4 is 16.0 Å². The number of rotatable bonds is 4. The van der Waals surface area contributed by atoms with Gasteiger partial charge >= 0.3 is 12.2 Å². The van der Waals surface area contributed by atoms with Crippen LogP contribution in [0.2, 0.25) is 0 Å². The summed E-state index contributed by atoms with van der Waals surface area (Å²) in [5, 5.41) is 7.92. The zero-order chi connectivity index (χ0) is 23.8. The number of carbonyl (C=O) groups is 3. The van der Waals surface area contributed by atoms with Crippen LogP contribution in [0.3, 0.4) is 0 Å². The van der Waals surface area contributed by atoms with E-state index in [2.05, 4.69) is 20.9 Å². The number of ether oxygens (including phenoxy) is 2. The second-order valence-electron chi connectivity index (χ2n) is 10.3. The van der Waals surface area contributed by atoms with E-state index in [4.69, 9.17) is 9.47 Å². The molecule has 0 spiro atoms. The van der Waals surface area contributed by atoms with Gasteiger partial charge in [0.2, 0.25) is 11.9 Å². The quantitative estimate of drug-likeness (QED) is 0.453. The van der Waals surface area contributed by atoms with Crippen molar-refractivity contribution in [3.8, 4) is 0 Å². The van der Waals surface area contributed by atoms with Crippen LogP contribution in [0, 0.1) is 5.92 Å². The number of amides is 3. The SMILES string of the molecule is CC(C)[C@H](N=C(NC(=O)OC(C)(C)C)NC(=O)OC(C)(C)C)C(=O)NC1CCCCC1. The number of hydrogen-bond donors (Lipinski definition) is 3. The second kappa shape index (κ2) is 11.3. The first-order chi connectivity index (χ1) is 14.2. The number of nitrogens with one attached hydrogen (secondary N) is 3. The minimum atomic E-state index is -0.804. The third-order valence-corrected chi connectivity index (χ3v) is 4.36. The van der Waals surface area contributed by atoms with Crippen LogP contribution in [0.15, 0.2) is 4.99 Å². The summed E-state index contributed by atoms with van der Waals surface area (Å²) in [5.41, 5.74) is -1.48. The lowest BCUT2D eigenvalue weighted by Gasteiger charge is -2.26. The number of nitrogens with zero attached hydrogens (tertiary/aromatic N) is 1. The van der Waals surface area contributed by atoms with Gasteiger partial charge in [0.05, 0.1) is 0 Å². The molecular formula is C22H40N4O5. The Bertz CT molecular complexity index is 624. The smallest absolute Gasteiger partial charge is 0.414 e. The standard InChI is InChI=1S/C22H40N4O5/c1-14(2)16(17(27)23-15-12-10-9-11-13-15)24-18(25-19(28)30-21(3,4)5)26-20(29)31-22(6,7)8/h14-16H,9-13H2,1-8H3,(H,23,27)(H2,24,25,26,28,29)/t16-/m0/s1. The van der Waals surface area contributed by atoms with Crippen LogP contribution in [-0.4, -0.2) is 47.3 Å². The lowest BCUT2D eigenvalue weighted by atomic mass is 9.94. The normalized spacial score (nSPS) is 16.2. The van der Waals surface area contributed by atoms with Gasteiger partial charge in [-0.05, 0) is 60.3 Å². The van der Waals surface area contributed by atoms with E-state index in [0.29, 0.717) is 0 Å². The highest BCUT2D eigenvalue weighted by molar-refractivity contribution is 6.02. The van der Waals surface area contributed by atoms with Gasteiger partial charge in [0, 0.05) is 6.04 Å². The third-order valence-electron chi connectivity index (χ3n) is 4.36. The van der Waals surface area contributed by atoms with Gasteiger partial charge in [-0.2, -0.15) is 0 Å². The topological polar surface area (TPSA) is 118 Å². The number of carbonyl (C=O) groups excluding carboxylic acids is 3. The Hall–Kier alpha value is -2.32. The summed E-state index contributed by atoms with van der Waals surface area (Å²) in [6.07, 6.45) is 3.66. The molecule has 0 bridgehead atoms. The van der Waals surface area contributed by atoms with Crippen molar-refractivity contribution in [3.05, 3.63) is 0 Å². The van der Waals surface area contributed by atoms with E-state index < -0.39 is 29.4 Å². The Labute approximate surface area is 186 Å². The first kappa shape index (κ1) is 26.7. The van der Waals surface area contributed by atoms with Crippen LogP contribution in [0.1, 0.15) is 87.5 Å². The Balaban J connectivity index is 3.03. The Morgan fingerprint density at radius 3 is 1.68 bits per heavy atom. The van der Waals surface area contributed by atoms with Gasteiger partial charge in [0.1, 0.15) is 17.2 Å². The molecule has 0 unspecified atom stereocenters. The van der Waals surface area contributed by atoms with E-state index in [1.807, 2.05) is 13.8 Å². The van der Waals surface area contributed by atoms with Crippen LogP contribution in [0.4, 0.5) is 9.59 Å². The number of aliphatic imine (C=N–C) groups is 1. The van der Waals surface area contributed by atoms with Crippen molar-refractivity contribution in [2.75, 3.05) is 0 Å². The zero-order valence-electron chi connectivity index (χ0n) is 20.3. The second-order valence-corrected chi connectivity index (χ2v) is 10.3. The minimum Gasteiger partial charge on any atom is -0.444 e. The molecule has 0 aromatic heterocycles. The largest absolute Gasteiger partial charge is 0.444 e. The molecule has 1 aliphatic carbocycles. The molecule has 3 N–H and O–H groups in total. The fourth-order valence-electron chi connectivity index (χ4n) is 3.08. The number of guanidine groups is 1. The van der Waals surface area contributed by atoms with Crippen molar-refractivity contribution >= 4 is 24.1 Å². The highest BCUT2D eigenvalue weighted by Gasteiger charge is 2.28. The maximum Gasteiger partial charge on any atom is 0.414 e. The lowest BCUT2D eigenvalue weighted by molar-refractivity contribution is -0.124. The van der Waals surface area contributed by atoms with Crippen molar-refractivity contribution in [1.29, 1.82) is 0 Å². The van der Waals surface area contributed by atoms with Crippen molar-refractivity contribution in [1.82, 2.24) is 16.0 Å². The molecule has 31 heavy (non-hydrogen) atoms. The number of alkyl carbamates (subject to hydrolysis) is 2. The summed E-state index contributed by atoms with van der Waals surface area (Å²) >= 11 is 0. The average molecular weight is 441 g/mol. The van der Waals surface area contributed by atoms with Gasteiger partial charge in [0.15, 0.2) is 0 Å². The fourth-order valence-corrected chi connectivity index (χ4v) is 3.08. The maximum atomic E-state index is 12.9. The molecule has 1 atom stereocenters. The summed E-state index contributed by atoms with van der Waals surface area (Å²) < 4.78 is 10.5. The first-order valence-electron chi connectivity index (χ1n) is 11.0. The molecule has 9 heteroatoms. The van der Waals surface area contributed by atoms with E-state index in [0.717, 1.165) is 25.7 Å². The molecule has 0 aromatic carbocycles. The van der Waals surface area contributed by atoms with Crippen molar-refractivity contribution in [2.24, 2.45) is 10.9 Å². The Morgan fingerprint density at radius 1 is 0.839 bits per heavy atom. The molecule has 3 amide bonds. The summed E-state index contributed by atoms with van der Waals surface area (Å²) in [5.74, 6) is -0.600. The highest BCUT2D eigenvalue weighted by Crippen LogP contribution is 2.18. The molecule has 0 radical (unpaired) electrons. The van der Waals surface area contributed by atoms with Crippen molar-refractivity contribution in [3.63, 3.8) is 0 Å². The van der Waals surface area contributed by atoms with Crippen molar-refractivity contribution in [2.45, 2.75) is 111 Å². The van der Waals surface area contributed by atoms with E-state index >= 15 is 0 Å². The van der Waals surface area contributed by atoms with E-state index in [9.17, 15) is 14.4 Å². The van der Waals surface area contributed by atoms with Gasteiger partial charge in [-0.25, -0.2) is 14.6 Å². The molecule has 0 aromatic rings. The molecule has 9 nitrogen and oxygen atoms in total. The first-order valence-corrected chi connectivity index (χ1v) is 11.0. The van der Waals surface area contributed by atoms with E-state index in [-0.39, 0.29) is 23.8 Å². The van der Waals surface area contributed by atoms with Crippen LogP contribution >= 0.6 is 0 Å².